The second kappa shape index (κ2) is 3.79. The van der Waals surface area contributed by atoms with Crippen molar-refractivity contribution >= 4 is 17.3 Å². The Morgan fingerprint density at radius 3 is 2.71 bits per heavy atom. The third-order valence-corrected chi connectivity index (χ3v) is 1.96. The van der Waals surface area contributed by atoms with E-state index in [1.165, 1.54) is 0 Å². The summed E-state index contributed by atoms with van der Waals surface area (Å²) in [6, 6.07) is 0. The zero-order chi connectivity index (χ0) is 10.8. The van der Waals surface area contributed by atoms with Gasteiger partial charge < -0.3 is 4.74 Å². The molecule has 0 N–H and O–H groups in total. The van der Waals surface area contributed by atoms with Gasteiger partial charge in [0.1, 0.15) is 0 Å². The summed E-state index contributed by atoms with van der Waals surface area (Å²) in [6.07, 6.45) is -3.67. The number of thiazole rings is 1. The molecule has 0 saturated heterocycles. The third-order valence-electron chi connectivity index (χ3n) is 1.10. The molecule has 0 fully saturated rings. The quantitative estimate of drug-likeness (QED) is 0.570. The normalized spacial score (nSPS) is 11.1. The minimum absolute atomic E-state index is 0.361. The summed E-state index contributed by atoms with van der Waals surface area (Å²) >= 11 is 0.361. The van der Waals surface area contributed by atoms with Gasteiger partial charge in [0.2, 0.25) is 10.9 Å². The number of esters is 1. The van der Waals surface area contributed by atoms with Crippen molar-refractivity contribution in [2.45, 2.75) is 6.18 Å². The standard InChI is InChI=1S/C7H4F3NO2S/c1-2-5(12)13-4-3-14-6(11-4)7(8,9)10/h2-3H,1H2. The Hall–Kier alpha value is -1.37. The molecule has 1 aromatic rings. The number of nitrogens with zero attached hydrogens (tertiary/aromatic N) is 1. The molecule has 0 aromatic carbocycles. The molecule has 7 heteroatoms. The molecule has 76 valence electrons. The average molecular weight is 223 g/mol. The number of rotatable bonds is 2. The van der Waals surface area contributed by atoms with E-state index in [0.717, 1.165) is 11.5 Å². The van der Waals surface area contributed by atoms with Gasteiger partial charge >= 0.3 is 12.1 Å². The van der Waals surface area contributed by atoms with Crippen molar-refractivity contribution in [3.63, 3.8) is 0 Å². The van der Waals surface area contributed by atoms with Crippen molar-refractivity contribution in [2.24, 2.45) is 0 Å². The first-order chi connectivity index (χ1) is 6.43. The summed E-state index contributed by atoms with van der Waals surface area (Å²) < 4.78 is 40.4. The summed E-state index contributed by atoms with van der Waals surface area (Å²) in [6.45, 7) is 3.09. The first-order valence-corrected chi connectivity index (χ1v) is 4.18. The summed E-state index contributed by atoms with van der Waals surface area (Å²) in [7, 11) is 0. The maximum atomic E-state index is 12.0. The molecule has 0 amide bonds. The lowest BCUT2D eigenvalue weighted by Gasteiger charge is -1.99. The lowest BCUT2D eigenvalue weighted by molar-refractivity contribution is -0.138. The number of carbonyl (C=O) groups excluding carboxylic acids is 1. The molecule has 14 heavy (non-hydrogen) atoms. The number of carbonyl (C=O) groups is 1. The van der Waals surface area contributed by atoms with E-state index in [9.17, 15) is 18.0 Å². The molecule has 0 saturated carbocycles. The largest absolute Gasteiger partial charge is 0.443 e. The fraction of sp³-hybridized carbons (Fsp3) is 0.143. The summed E-state index contributed by atoms with van der Waals surface area (Å²) in [5.41, 5.74) is 0. The van der Waals surface area contributed by atoms with Gasteiger partial charge in [-0.25, -0.2) is 4.79 Å². The van der Waals surface area contributed by atoms with Crippen LogP contribution in [-0.2, 0) is 11.0 Å². The molecule has 0 radical (unpaired) electrons. The zero-order valence-electron chi connectivity index (χ0n) is 6.67. The van der Waals surface area contributed by atoms with Crippen LogP contribution in [0, 0.1) is 0 Å². The highest BCUT2D eigenvalue weighted by atomic mass is 32.1. The number of ether oxygens (including phenoxy) is 1. The van der Waals surface area contributed by atoms with E-state index in [4.69, 9.17) is 0 Å². The third kappa shape index (κ3) is 2.56. The number of hydrogen-bond donors (Lipinski definition) is 0. The van der Waals surface area contributed by atoms with Crippen LogP contribution >= 0.6 is 11.3 Å². The van der Waals surface area contributed by atoms with Gasteiger partial charge in [-0.2, -0.15) is 18.2 Å². The average Bonchev–Trinajstić information content (AvgIpc) is 2.51. The first-order valence-electron chi connectivity index (χ1n) is 3.30. The fourth-order valence-corrected chi connectivity index (χ4v) is 1.17. The van der Waals surface area contributed by atoms with Gasteiger partial charge in [0.05, 0.1) is 5.38 Å². The van der Waals surface area contributed by atoms with Gasteiger partial charge in [-0.15, -0.1) is 11.3 Å². The van der Waals surface area contributed by atoms with Crippen molar-refractivity contribution in [2.75, 3.05) is 0 Å². The van der Waals surface area contributed by atoms with Crippen molar-refractivity contribution in [1.82, 2.24) is 4.98 Å². The predicted octanol–water partition coefficient (Wildman–Crippen LogP) is 2.25. The molecule has 0 unspecified atom stereocenters. The molecule has 1 heterocycles. The van der Waals surface area contributed by atoms with Crippen LogP contribution in [0.25, 0.3) is 0 Å². The molecule has 1 rings (SSSR count). The Morgan fingerprint density at radius 2 is 2.29 bits per heavy atom. The van der Waals surface area contributed by atoms with Gasteiger partial charge in [-0.1, -0.05) is 6.58 Å². The molecular formula is C7H4F3NO2S. The van der Waals surface area contributed by atoms with E-state index in [-0.39, 0.29) is 5.88 Å². The number of hydrogen-bond acceptors (Lipinski definition) is 4. The second-order valence-corrected chi connectivity index (χ2v) is 2.97. The molecule has 1 aromatic heterocycles. The highest BCUT2D eigenvalue weighted by Gasteiger charge is 2.34. The highest BCUT2D eigenvalue weighted by molar-refractivity contribution is 7.09. The molecule has 3 nitrogen and oxygen atoms in total. The van der Waals surface area contributed by atoms with E-state index < -0.39 is 17.2 Å². The van der Waals surface area contributed by atoms with Crippen LogP contribution < -0.4 is 4.74 Å². The molecule has 0 bridgehead atoms. The molecule has 0 aliphatic heterocycles. The van der Waals surface area contributed by atoms with Crippen LogP contribution in [-0.4, -0.2) is 11.0 Å². The smallest absolute Gasteiger partial charge is 0.403 e. The zero-order valence-corrected chi connectivity index (χ0v) is 7.48. The van der Waals surface area contributed by atoms with Crippen molar-refractivity contribution in [3.05, 3.63) is 23.0 Å². The number of halogens is 3. The van der Waals surface area contributed by atoms with Crippen LogP contribution in [0.15, 0.2) is 18.0 Å². The second-order valence-electron chi connectivity index (χ2n) is 2.11. The Bertz CT molecular complexity index is 358. The van der Waals surface area contributed by atoms with E-state index in [0.29, 0.717) is 11.3 Å². The molecular weight excluding hydrogens is 219 g/mol. The predicted molar refractivity (Wildman–Crippen MR) is 42.9 cm³/mol. The Balaban J connectivity index is 2.78. The molecule has 0 spiro atoms. The SMILES string of the molecule is C=CC(=O)Oc1csc(C(F)(F)F)n1. The van der Waals surface area contributed by atoms with Crippen LogP contribution in [0.5, 0.6) is 5.88 Å². The Morgan fingerprint density at radius 1 is 1.64 bits per heavy atom. The van der Waals surface area contributed by atoms with Crippen molar-refractivity contribution in [3.8, 4) is 5.88 Å². The molecule has 0 aliphatic carbocycles. The highest BCUT2D eigenvalue weighted by Crippen LogP contribution is 2.33. The van der Waals surface area contributed by atoms with Crippen LogP contribution in [0.3, 0.4) is 0 Å². The van der Waals surface area contributed by atoms with Gasteiger partial charge in [-0.05, 0) is 0 Å². The van der Waals surface area contributed by atoms with Crippen molar-refractivity contribution in [1.29, 1.82) is 0 Å². The van der Waals surface area contributed by atoms with Gasteiger partial charge in [0.15, 0.2) is 0 Å². The minimum atomic E-state index is -4.51. The van der Waals surface area contributed by atoms with E-state index in [2.05, 4.69) is 16.3 Å². The summed E-state index contributed by atoms with van der Waals surface area (Å²) in [5, 5.41) is -0.0473. The number of aromatic nitrogens is 1. The van der Waals surface area contributed by atoms with Crippen LogP contribution in [0.1, 0.15) is 5.01 Å². The molecule has 0 atom stereocenters. The van der Waals surface area contributed by atoms with E-state index in [1.54, 1.807) is 0 Å². The summed E-state index contributed by atoms with van der Waals surface area (Å²) in [5.74, 6) is -1.21. The molecule has 0 aliphatic rings. The first kappa shape index (κ1) is 10.7. The minimum Gasteiger partial charge on any atom is -0.403 e. The van der Waals surface area contributed by atoms with E-state index >= 15 is 0 Å². The Labute approximate surface area is 80.8 Å². The number of alkyl halides is 3. The topological polar surface area (TPSA) is 39.2 Å². The van der Waals surface area contributed by atoms with Crippen molar-refractivity contribution < 1.29 is 22.7 Å². The van der Waals surface area contributed by atoms with Crippen LogP contribution in [0.2, 0.25) is 0 Å². The monoisotopic (exact) mass is 223 g/mol. The van der Waals surface area contributed by atoms with Gasteiger partial charge in [-0.3, -0.25) is 0 Å². The van der Waals surface area contributed by atoms with E-state index in [1.807, 2.05) is 0 Å². The van der Waals surface area contributed by atoms with Gasteiger partial charge in [0.25, 0.3) is 0 Å². The lowest BCUT2D eigenvalue weighted by Crippen LogP contribution is -2.06. The van der Waals surface area contributed by atoms with Gasteiger partial charge in [0, 0.05) is 6.08 Å². The fourth-order valence-electron chi connectivity index (χ4n) is 0.581. The Kier molecular flexibility index (Phi) is 2.90. The maximum absolute atomic E-state index is 12.0. The van der Waals surface area contributed by atoms with Crippen LogP contribution in [0.4, 0.5) is 13.2 Å². The summed E-state index contributed by atoms with van der Waals surface area (Å²) in [4.78, 5) is 13.7. The maximum Gasteiger partial charge on any atom is 0.443 e. The lowest BCUT2D eigenvalue weighted by atomic mass is 10.6.